The van der Waals surface area contributed by atoms with Crippen molar-refractivity contribution in [3.63, 3.8) is 0 Å². The lowest BCUT2D eigenvalue weighted by Gasteiger charge is -2.14. The Hall–Kier alpha value is -3.60. The molecule has 0 spiro atoms. The fraction of sp³-hybridized carbons (Fsp3) is 0.286. The number of ether oxygens (including phenoxy) is 2. The number of benzene rings is 3. The van der Waals surface area contributed by atoms with Crippen molar-refractivity contribution >= 4 is 10.9 Å². The van der Waals surface area contributed by atoms with Gasteiger partial charge in [-0.25, -0.2) is 4.98 Å². The van der Waals surface area contributed by atoms with Crippen LogP contribution in [0.3, 0.4) is 0 Å². The molecule has 0 bridgehead atoms. The third-order valence-corrected chi connectivity index (χ3v) is 5.84. The lowest BCUT2D eigenvalue weighted by molar-refractivity contribution is 0.303. The second-order valence-corrected chi connectivity index (χ2v) is 8.04. The smallest absolute Gasteiger partial charge is 0.261 e. The lowest BCUT2D eigenvalue weighted by atomic mass is 10.1. The molecule has 0 aliphatic heterocycles. The minimum atomic E-state index is -0.00122. The summed E-state index contributed by atoms with van der Waals surface area (Å²) >= 11 is 0. The molecule has 0 aliphatic carbocycles. The molecule has 0 amide bonds. The summed E-state index contributed by atoms with van der Waals surface area (Å²) in [6.07, 6.45) is 3.81. The highest BCUT2D eigenvalue weighted by Crippen LogP contribution is 2.22. The van der Waals surface area contributed by atoms with E-state index in [0.29, 0.717) is 29.9 Å². The van der Waals surface area contributed by atoms with Crippen LogP contribution in [-0.4, -0.2) is 23.3 Å². The summed E-state index contributed by atoms with van der Waals surface area (Å²) in [6.45, 7) is 3.43. The van der Waals surface area contributed by atoms with Crippen molar-refractivity contribution in [2.45, 2.75) is 39.2 Å². The molecule has 4 aromatic rings. The standard InChI is InChI=1S/C28H30N2O3/c1-3-21-11-15-24(16-12-21)33-20-8-4-7-19-30-27(22-13-17-23(32-2)18-14-22)29-26-10-6-5-9-25(26)28(30)31/h5-6,9-18H,3-4,7-8,19-20H2,1-2H3. The van der Waals surface area contributed by atoms with Crippen LogP contribution in [0.2, 0.25) is 0 Å². The number of nitrogens with zero attached hydrogens (tertiary/aromatic N) is 2. The second-order valence-electron chi connectivity index (χ2n) is 8.04. The zero-order valence-corrected chi connectivity index (χ0v) is 19.3. The van der Waals surface area contributed by atoms with Gasteiger partial charge < -0.3 is 9.47 Å². The molecule has 33 heavy (non-hydrogen) atoms. The van der Waals surface area contributed by atoms with Crippen LogP contribution in [-0.2, 0) is 13.0 Å². The van der Waals surface area contributed by atoms with Gasteiger partial charge in [0.05, 0.1) is 24.6 Å². The average molecular weight is 443 g/mol. The van der Waals surface area contributed by atoms with Crippen LogP contribution in [0, 0.1) is 0 Å². The van der Waals surface area contributed by atoms with E-state index < -0.39 is 0 Å². The van der Waals surface area contributed by atoms with Crippen molar-refractivity contribution in [1.82, 2.24) is 9.55 Å². The largest absolute Gasteiger partial charge is 0.497 e. The fourth-order valence-corrected chi connectivity index (χ4v) is 3.90. The number of para-hydroxylation sites is 1. The van der Waals surface area contributed by atoms with Gasteiger partial charge in [0.2, 0.25) is 0 Å². The van der Waals surface area contributed by atoms with Crippen molar-refractivity contribution in [2.24, 2.45) is 0 Å². The van der Waals surface area contributed by atoms with Gasteiger partial charge in [-0.15, -0.1) is 0 Å². The first-order chi connectivity index (χ1) is 16.2. The number of rotatable bonds is 10. The summed E-state index contributed by atoms with van der Waals surface area (Å²) < 4.78 is 12.9. The van der Waals surface area contributed by atoms with Crippen molar-refractivity contribution in [2.75, 3.05) is 13.7 Å². The van der Waals surface area contributed by atoms with Crippen LogP contribution < -0.4 is 15.0 Å². The first-order valence-electron chi connectivity index (χ1n) is 11.6. The number of aryl methyl sites for hydroxylation is 1. The van der Waals surface area contributed by atoms with Crippen molar-refractivity contribution in [1.29, 1.82) is 0 Å². The van der Waals surface area contributed by atoms with Crippen LogP contribution in [0.5, 0.6) is 11.5 Å². The van der Waals surface area contributed by atoms with Crippen molar-refractivity contribution in [3.05, 3.63) is 88.7 Å². The van der Waals surface area contributed by atoms with Crippen LogP contribution in [0.15, 0.2) is 77.6 Å². The Morgan fingerprint density at radius 1 is 0.848 bits per heavy atom. The lowest BCUT2D eigenvalue weighted by Crippen LogP contribution is -2.23. The molecule has 170 valence electrons. The quantitative estimate of drug-likeness (QED) is 0.288. The van der Waals surface area contributed by atoms with Gasteiger partial charge in [-0.3, -0.25) is 9.36 Å². The van der Waals surface area contributed by atoms with Gasteiger partial charge in [0, 0.05) is 12.1 Å². The second kappa shape index (κ2) is 10.8. The minimum absolute atomic E-state index is 0.00122. The predicted molar refractivity (Wildman–Crippen MR) is 133 cm³/mol. The summed E-state index contributed by atoms with van der Waals surface area (Å²) in [5, 5.41) is 0.647. The van der Waals surface area contributed by atoms with Gasteiger partial charge in [-0.1, -0.05) is 31.2 Å². The number of unbranched alkanes of at least 4 members (excludes halogenated alkanes) is 2. The van der Waals surface area contributed by atoms with Crippen LogP contribution in [0.1, 0.15) is 31.7 Å². The Morgan fingerprint density at radius 3 is 2.30 bits per heavy atom. The van der Waals surface area contributed by atoms with Crippen LogP contribution >= 0.6 is 0 Å². The molecule has 5 heteroatoms. The summed E-state index contributed by atoms with van der Waals surface area (Å²) in [4.78, 5) is 18.1. The molecule has 3 aromatic carbocycles. The molecule has 1 aromatic heterocycles. The zero-order chi connectivity index (χ0) is 23.0. The third-order valence-electron chi connectivity index (χ3n) is 5.84. The van der Waals surface area contributed by atoms with Gasteiger partial charge in [0.15, 0.2) is 0 Å². The predicted octanol–water partition coefficient (Wildman–Crippen LogP) is 5.88. The maximum absolute atomic E-state index is 13.3. The highest BCUT2D eigenvalue weighted by Gasteiger charge is 2.12. The molecular formula is C28H30N2O3. The molecule has 0 saturated heterocycles. The van der Waals surface area contributed by atoms with E-state index in [9.17, 15) is 4.79 Å². The van der Waals surface area contributed by atoms with Crippen molar-refractivity contribution in [3.8, 4) is 22.9 Å². The van der Waals surface area contributed by atoms with E-state index in [1.54, 1.807) is 11.7 Å². The Bertz CT molecular complexity index is 1250. The van der Waals surface area contributed by atoms with Gasteiger partial charge in [-0.05, 0) is 79.8 Å². The van der Waals surface area contributed by atoms with Gasteiger partial charge >= 0.3 is 0 Å². The van der Waals surface area contributed by atoms with E-state index in [0.717, 1.165) is 42.7 Å². The molecule has 0 aliphatic rings. The number of hydrogen-bond donors (Lipinski definition) is 0. The van der Waals surface area contributed by atoms with E-state index in [2.05, 4.69) is 19.1 Å². The van der Waals surface area contributed by atoms with E-state index in [-0.39, 0.29) is 5.56 Å². The number of hydrogen-bond acceptors (Lipinski definition) is 4. The van der Waals surface area contributed by atoms with E-state index >= 15 is 0 Å². The Labute approximate surface area is 194 Å². The van der Waals surface area contributed by atoms with Crippen LogP contribution in [0.25, 0.3) is 22.3 Å². The highest BCUT2D eigenvalue weighted by molar-refractivity contribution is 5.79. The molecule has 4 rings (SSSR count). The van der Waals surface area contributed by atoms with Gasteiger partial charge in [0.25, 0.3) is 5.56 Å². The number of aromatic nitrogens is 2. The van der Waals surface area contributed by atoms with E-state index in [1.165, 1.54) is 5.56 Å². The molecule has 0 unspecified atom stereocenters. The fourth-order valence-electron chi connectivity index (χ4n) is 3.90. The first-order valence-corrected chi connectivity index (χ1v) is 11.6. The topological polar surface area (TPSA) is 53.4 Å². The van der Waals surface area contributed by atoms with Gasteiger partial charge in [0.1, 0.15) is 17.3 Å². The summed E-state index contributed by atoms with van der Waals surface area (Å²) in [6, 6.07) is 23.5. The third kappa shape index (κ3) is 5.43. The number of fused-ring (bicyclic) bond motifs is 1. The monoisotopic (exact) mass is 442 g/mol. The average Bonchev–Trinajstić information content (AvgIpc) is 2.87. The summed E-state index contributed by atoms with van der Waals surface area (Å²) in [5.41, 5.74) is 2.92. The SMILES string of the molecule is CCc1ccc(OCCCCCn2c(-c3ccc(OC)cc3)nc3ccccc3c2=O)cc1. The first kappa shape index (κ1) is 22.6. The zero-order valence-electron chi connectivity index (χ0n) is 19.3. The number of methoxy groups -OCH3 is 1. The molecular weight excluding hydrogens is 412 g/mol. The maximum Gasteiger partial charge on any atom is 0.261 e. The molecule has 0 atom stereocenters. The summed E-state index contributed by atoms with van der Waals surface area (Å²) in [5.74, 6) is 2.37. The van der Waals surface area contributed by atoms with Crippen LogP contribution in [0.4, 0.5) is 0 Å². The Kier molecular flexibility index (Phi) is 7.40. The summed E-state index contributed by atoms with van der Waals surface area (Å²) in [7, 11) is 1.64. The normalized spacial score (nSPS) is 11.0. The molecule has 5 nitrogen and oxygen atoms in total. The molecule has 0 radical (unpaired) electrons. The van der Waals surface area contributed by atoms with Gasteiger partial charge in [-0.2, -0.15) is 0 Å². The Balaban J connectivity index is 1.44. The molecule has 0 N–H and O–H groups in total. The molecule has 1 heterocycles. The van der Waals surface area contributed by atoms with E-state index in [4.69, 9.17) is 14.5 Å². The molecule has 0 fully saturated rings. The van der Waals surface area contributed by atoms with Crippen molar-refractivity contribution < 1.29 is 9.47 Å². The minimum Gasteiger partial charge on any atom is -0.497 e. The molecule has 0 saturated carbocycles. The Morgan fingerprint density at radius 2 is 1.58 bits per heavy atom. The van der Waals surface area contributed by atoms with E-state index in [1.807, 2.05) is 60.7 Å². The maximum atomic E-state index is 13.3. The highest BCUT2D eigenvalue weighted by atomic mass is 16.5.